The fourth-order valence-corrected chi connectivity index (χ4v) is 4.88. The number of thiazole rings is 1. The Morgan fingerprint density at radius 2 is 2.16 bits per heavy atom. The van der Waals surface area contributed by atoms with Crippen molar-refractivity contribution in [1.29, 1.82) is 0 Å². The molecule has 166 valence electrons. The predicted molar refractivity (Wildman–Crippen MR) is 128 cm³/mol. The van der Waals surface area contributed by atoms with E-state index in [0.717, 1.165) is 47.7 Å². The van der Waals surface area contributed by atoms with Crippen molar-refractivity contribution in [3.63, 3.8) is 0 Å². The van der Waals surface area contributed by atoms with Crippen molar-refractivity contribution in [2.45, 2.75) is 19.6 Å². The van der Waals surface area contributed by atoms with E-state index in [1.807, 2.05) is 36.6 Å². The van der Waals surface area contributed by atoms with E-state index in [4.69, 9.17) is 14.5 Å². The molecule has 1 N–H and O–H groups in total. The maximum Gasteiger partial charge on any atom is 0.188 e. The van der Waals surface area contributed by atoms with Gasteiger partial charge in [-0.05, 0) is 36.8 Å². The molecule has 1 atom stereocenters. The standard InChI is InChI=1S/C24H27N5O2S/c1-16-15-32-24(25-16)27-23-6-4-5-20(26-23)22-14-29(9-10-31-22)13-17-12-28(2)21-11-18(30-3)7-8-19(17)21/h4-8,11-12,15,22H,9-10,13-14H2,1-3H3,(H,25,26,27). The maximum atomic E-state index is 6.10. The Labute approximate surface area is 191 Å². The first-order chi connectivity index (χ1) is 15.6. The van der Waals surface area contributed by atoms with Crippen LogP contribution >= 0.6 is 11.3 Å². The molecule has 0 radical (unpaired) electrons. The lowest BCUT2D eigenvalue weighted by atomic mass is 10.1. The zero-order valence-corrected chi connectivity index (χ0v) is 19.4. The van der Waals surface area contributed by atoms with E-state index in [9.17, 15) is 0 Å². The first kappa shape index (κ1) is 20.9. The highest BCUT2D eigenvalue weighted by Gasteiger charge is 2.24. The SMILES string of the molecule is COc1ccc2c(CN3CCOC(c4cccc(Nc5nc(C)cs5)n4)C3)cn(C)c2c1. The lowest BCUT2D eigenvalue weighted by Crippen LogP contribution is -2.38. The molecule has 7 nitrogen and oxygen atoms in total. The van der Waals surface area contributed by atoms with Gasteiger partial charge in [-0.3, -0.25) is 4.90 Å². The van der Waals surface area contributed by atoms with Crippen LogP contribution in [0.2, 0.25) is 0 Å². The molecular weight excluding hydrogens is 422 g/mol. The first-order valence-electron chi connectivity index (χ1n) is 10.7. The van der Waals surface area contributed by atoms with Crippen LogP contribution in [0.5, 0.6) is 5.75 Å². The third-order valence-electron chi connectivity index (χ3n) is 5.78. The van der Waals surface area contributed by atoms with Crippen LogP contribution < -0.4 is 10.1 Å². The summed E-state index contributed by atoms with van der Waals surface area (Å²) in [5.74, 6) is 1.67. The monoisotopic (exact) mass is 449 g/mol. The van der Waals surface area contributed by atoms with Gasteiger partial charge < -0.3 is 19.4 Å². The molecule has 0 aliphatic carbocycles. The van der Waals surface area contributed by atoms with E-state index in [1.165, 1.54) is 16.5 Å². The second-order valence-electron chi connectivity index (χ2n) is 8.11. The number of hydrogen-bond acceptors (Lipinski definition) is 7. The summed E-state index contributed by atoms with van der Waals surface area (Å²) < 4.78 is 13.7. The van der Waals surface area contributed by atoms with Crippen LogP contribution in [0, 0.1) is 6.92 Å². The quantitative estimate of drug-likeness (QED) is 0.462. The van der Waals surface area contributed by atoms with Crippen LogP contribution in [0.15, 0.2) is 48.0 Å². The highest BCUT2D eigenvalue weighted by Crippen LogP contribution is 2.29. The Bertz CT molecular complexity index is 1230. The predicted octanol–water partition coefficient (Wildman–Crippen LogP) is 4.66. The number of fused-ring (bicyclic) bond motifs is 1. The van der Waals surface area contributed by atoms with Crippen LogP contribution in [0.3, 0.4) is 0 Å². The van der Waals surface area contributed by atoms with Crippen molar-refractivity contribution in [2.24, 2.45) is 7.05 Å². The average Bonchev–Trinajstić information content (AvgIpc) is 3.36. The Hall–Kier alpha value is -2.94. The minimum atomic E-state index is -0.0569. The second-order valence-corrected chi connectivity index (χ2v) is 8.97. The van der Waals surface area contributed by atoms with Crippen LogP contribution in [0.25, 0.3) is 10.9 Å². The van der Waals surface area contributed by atoms with E-state index < -0.39 is 0 Å². The van der Waals surface area contributed by atoms with Gasteiger partial charge in [0.25, 0.3) is 0 Å². The first-order valence-corrected chi connectivity index (χ1v) is 11.6. The number of nitrogens with zero attached hydrogens (tertiary/aromatic N) is 4. The molecule has 5 rings (SSSR count). The van der Waals surface area contributed by atoms with E-state index >= 15 is 0 Å². The third kappa shape index (κ3) is 4.34. The number of pyridine rings is 1. The summed E-state index contributed by atoms with van der Waals surface area (Å²) in [6, 6.07) is 12.3. The lowest BCUT2D eigenvalue weighted by molar-refractivity contribution is -0.0348. The van der Waals surface area contributed by atoms with Crippen molar-refractivity contribution in [1.82, 2.24) is 19.4 Å². The van der Waals surface area contributed by atoms with Gasteiger partial charge in [0.05, 0.1) is 30.6 Å². The largest absolute Gasteiger partial charge is 0.497 e. The third-order valence-corrected chi connectivity index (χ3v) is 6.65. The van der Waals surface area contributed by atoms with Crippen LogP contribution in [-0.2, 0) is 18.3 Å². The summed E-state index contributed by atoms with van der Waals surface area (Å²) in [7, 11) is 3.79. The Kier molecular flexibility index (Phi) is 5.82. The number of hydrogen-bond donors (Lipinski definition) is 1. The molecule has 4 heterocycles. The Balaban J connectivity index is 1.31. The van der Waals surface area contributed by atoms with Gasteiger partial charge in [0, 0.05) is 49.7 Å². The number of nitrogens with one attached hydrogen (secondary N) is 1. The lowest BCUT2D eigenvalue weighted by Gasteiger charge is -2.32. The summed E-state index contributed by atoms with van der Waals surface area (Å²) >= 11 is 1.58. The molecule has 1 fully saturated rings. The number of aromatic nitrogens is 3. The van der Waals surface area contributed by atoms with Gasteiger partial charge in [-0.25, -0.2) is 9.97 Å². The number of morpholine rings is 1. The second kappa shape index (κ2) is 8.90. The topological polar surface area (TPSA) is 64.4 Å². The highest BCUT2D eigenvalue weighted by atomic mass is 32.1. The molecule has 1 aliphatic rings. The fraction of sp³-hybridized carbons (Fsp3) is 0.333. The molecule has 3 aromatic heterocycles. The van der Waals surface area contributed by atoms with Crippen LogP contribution in [0.1, 0.15) is 23.1 Å². The van der Waals surface area contributed by atoms with Gasteiger partial charge >= 0.3 is 0 Å². The summed E-state index contributed by atoms with van der Waals surface area (Å²) in [6.07, 6.45) is 2.16. The molecule has 0 amide bonds. The van der Waals surface area contributed by atoms with Gasteiger partial charge in [0.15, 0.2) is 5.13 Å². The van der Waals surface area contributed by atoms with Crippen LogP contribution in [-0.4, -0.2) is 46.2 Å². The molecule has 0 spiro atoms. The van der Waals surface area contributed by atoms with Crippen molar-refractivity contribution in [3.05, 3.63) is 64.9 Å². The Morgan fingerprint density at radius 1 is 1.25 bits per heavy atom. The number of anilines is 2. The molecule has 0 saturated carbocycles. The fourth-order valence-electron chi connectivity index (χ4n) is 4.19. The zero-order chi connectivity index (χ0) is 22.1. The van der Waals surface area contributed by atoms with Crippen molar-refractivity contribution in [2.75, 3.05) is 32.1 Å². The van der Waals surface area contributed by atoms with Gasteiger partial charge in [0.2, 0.25) is 0 Å². The summed E-state index contributed by atoms with van der Waals surface area (Å²) in [5, 5.41) is 7.44. The van der Waals surface area contributed by atoms with Crippen molar-refractivity contribution >= 4 is 33.2 Å². The summed E-state index contributed by atoms with van der Waals surface area (Å²) in [5.41, 5.74) is 4.44. The molecule has 1 aromatic carbocycles. The van der Waals surface area contributed by atoms with Crippen molar-refractivity contribution in [3.8, 4) is 5.75 Å². The number of ether oxygens (including phenoxy) is 2. The van der Waals surface area contributed by atoms with E-state index in [0.29, 0.717) is 6.61 Å². The molecule has 8 heteroatoms. The van der Waals surface area contributed by atoms with E-state index in [-0.39, 0.29) is 6.10 Å². The van der Waals surface area contributed by atoms with Gasteiger partial charge in [-0.2, -0.15) is 0 Å². The summed E-state index contributed by atoms with van der Waals surface area (Å²) in [6.45, 7) is 5.26. The number of aryl methyl sites for hydroxylation is 2. The summed E-state index contributed by atoms with van der Waals surface area (Å²) in [4.78, 5) is 11.7. The molecule has 1 unspecified atom stereocenters. The molecule has 1 saturated heterocycles. The molecule has 4 aromatic rings. The van der Waals surface area contributed by atoms with Gasteiger partial charge in [-0.15, -0.1) is 11.3 Å². The Morgan fingerprint density at radius 3 is 2.97 bits per heavy atom. The molecule has 1 aliphatic heterocycles. The molecular formula is C24H27N5O2S. The average molecular weight is 450 g/mol. The van der Waals surface area contributed by atoms with Crippen molar-refractivity contribution < 1.29 is 9.47 Å². The van der Waals surface area contributed by atoms with Gasteiger partial charge in [-0.1, -0.05) is 6.07 Å². The number of methoxy groups -OCH3 is 1. The molecule has 0 bridgehead atoms. The number of rotatable bonds is 6. The van der Waals surface area contributed by atoms with E-state index in [2.05, 4.69) is 45.1 Å². The van der Waals surface area contributed by atoms with Gasteiger partial charge in [0.1, 0.15) is 17.7 Å². The van der Waals surface area contributed by atoms with E-state index in [1.54, 1.807) is 18.4 Å². The minimum absolute atomic E-state index is 0.0569. The minimum Gasteiger partial charge on any atom is -0.497 e. The number of benzene rings is 1. The van der Waals surface area contributed by atoms with Crippen LogP contribution in [0.4, 0.5) is 10.9 Å². The highest BCUT2D eigenvalue weighted by molar-refractivity contribution is 7.13. The normalized spacial score (nSPS) is 17.0. The zero-order valence-electron chi connectivity index (χ0n) is 18.5. The maximum absolute atomic E-state index is 6.10. The smallest absolute Gasteiger partial charge is 0.188 e. The molecule has 32 heavy (non-hydrogen) atoms.